The first kappa shape index (κ1) is 39.9. The van der Waals surface area contributed by atoms with Gasteiger partial charge in [-0.05, 0) is 71.0 Å². The number of anilines is 2. The zero-order chi connectivity index (χ0) is 42.1. The van der Waals surface area contributed by atoms with Crippen LogP contribution in [0, 0.1) is 20.8 Å². The number of primary amides is 2. The Kier molecular flexibility index (Phi) is 11.0. The topological polar surface area (TPSA) is 258 Å². The molecule has 0 atom stereocenters. The van der Waals surface area contributed by atoms with Crippen molar-refractivity contribution in [2.45, 2.75) is 67.2 Å². The third kappa shape index (κ3) is 7.74. The molecule has 0 radical (unpaired) electrons. The maximum absolute atomic E-state index is 13.7. The number of aliphatic hydroxyl groups is 1. The van der Waals surface area contributed by atoms with Crippen LogP contribution in [0.15, 0.2) is 53.0 Å². The number of carbonyl (C=O) groups excluding carboxylic acids is 4. The summed E-state index contributed by atoms with van der Waals surface area (Å²) in [5.41, 5.74) is 15.8. The molecule has 19 nitrogen and oxygen atoms in total. The molecule has 0 bridgehead atoms. The molecule has 0 spiro atoms. The van der Waals surface area contributed by atoms with Crippen LogP contribution in [-0.4, -0.2) is 80.6 Å². The molecule has 7 rings (SSSR count). The summed E-state index contributed by atoms with van der Waals surface area (Å²) in [5.74, 6) is -1.11. The van der Waals surface area contributed by atoms with E-state index in [0.29, 0.717) is 81.1 Å². The number of hydrogen-bond donors (Lipinski definition) is 5. The number of allylic oxidation sites excluding steroid dienone is 2. The maximum atomic E-state index is 13.7. The van der Waals surface area contributed by atoms with Crippen molar-refractivity contribution in [3.05, 3.63) is 88.2 Å². The minimum Gasteiger partial charge on any atom is -0.491 e. The van der Waals surface area contributed by atoms with Gasteiger partial charge < -0.3 is 34.9 Å². The van der Waals surface area contributed by atoms with Gasteiger partial charge in [0.25, 0.3) is 17.7 Å². The van der Waals surface area contributed by atoms with Crippen molar-refractivity contribution >= 4 is 68.6 Å². The summed E-state index contributed by atoms with van der Waals surface area (Å²) in [4.78, 5) is 61.7. The van der Waals surface area contributed by atoms with Gasteiger partial charge in [-0.1, -0.05) is 12.2 Å². The summed E-state index contributed by atoms with van der Waals surface area (Å²) in [5, 5.41) is 24.7. The van der Waals surface area contributed by atoms with Crippen LogP contribution in [0.4, 0.5) is 11.9 Å². The van der Waals surface area contributed by atoms with Gasteiger partial charge in [0.05, 0.1) is 40.1 Å². The normalized spacial score (nSPS) is 11.7. The van der Waals surface area contributed by atoms with Crippen molar-refractivity contribution < 1.29 is 33.4 Å². The van der Waals surface area contributed by atoms with E-state index >= 15 is 0 Å². The van der Waals surface area contributed by atoms with E-state index in [1.807, 2.05) is 26.0 Å². The fraction of sp³-hybridized carbons (Fsp3) is 0.300. The molecule has 0 saturated carbocycles. The number of fused-ring (bicyclic) bond motifs is 4. The predicted octanol–water partition coefficient (Wildman–Crippen LogP) is 4.21. The van der Waals surface area contributed by atoms with Crippen molar-refractivity contribution in [1.82, 2.24) is 38.7 Å². The standard InChI is InChI=1S/C40H44N12O7/c1-6-51-29(15-21(3)47-51)37(56)45-39-44-28-20-26(36(42)55)34-25(17-23(5)59-34)32(28)49(39)11-8-9-12-50-33-27(18-24(35(41)54)19-31(33)58-14-10-13-53)43-40(50)46-38(57)30-16-22(4)48-52(30)7-2/h8-9,15-20,53H,6-7,10-14H2,1-5H3,(H2,41,54)(H2,42,55)(H,43,46,57)(H,44,45,56)/b9-8+. The molecule has 0 saturated heterocycles. The molecule has 19 heteroatoms. The second-order valence-corrected chi connectivity index (χ2v) is 13.8. The first-order chi connectivity index (χ1) is 28.3. The Morgan fingerprint density at radius 1 is 0.780 bits per heavy atom. The van der Waals surface area contributed by atoms with E-state index in [2.05, 4.69) is 20.8 Å². The molecule has 7 aromatic rings. The monoisotopic (exact) mass is 804 g/mol. The average Bonchev–Trinajstić information content (AvgIpc) is 4.01. The number of ether oxygens (including phenoxy) is 1. The number of aryl methyl sites for hydroxylation is 5. The molecule has 0 fully saturated rings. The molecule has 4 amide bonds. The minimum atomic E-state index is -0.698. The van der Waals surface area contributed by atoms with Crippen LogP contribution in [0.25, 0.3) is 33.0 Å². The maximum Gasteiger partial charge on any atom is 0.276 e. The van der Waals surface area contributed by atoms with Crippen LogP contribution < -0.4 is 26.8 Å². The van der Waals surface area contributed by atoms with Crippen LogP contribution >= 0.6 is 0 Å². The highest BCUT2D eigenvalue weighted by atomic mass is 16.5. The molecule has 306 valence electrons. The molecule has 5 heterocycles. The molecular formula is C40H44N12O7. The molecule has 0 aliphatic heterocycles. The molecular weight excluding hydrogens is 761 g/mol. The van der Waals surface area contributed by atoms with Gasteiger partial charge in [0.1, 0.15) is 34.0 Å². The zero-order valence-electron chi connectivity index (χ0n) is 33.2. The first-order valence-corrected chi connectivity index (χ1v) is 19.0. The highest BCUT2D eigenvalue weighted by Gasteiger charge is 2.24. The van der Waals surface area contributed by atoms with Gasteiger partial charge in [0.15, 0.2) is 0 Å². The van der Waals surface area contributed by atoms with E-state index < -0.39 is 23.6 Å². The van der Waals surface area contributed by atoms with Gasteiger partial charge in [-0.25, -0.2) is 9.97 Å². The van der Waals surface area contributed by atoms with E-state index in [1.165, 1.54) is 18.2 Å². The summed E-state index contributed by atoms with van der Waals surface area (Å²) in [6, 6.07) is 9.70. The number of nitrogens with zero attached hydrogens (tertiary/aromatic N) is 8. The zero-order valence-corrected chi connectivity index (χ0v) is 33.2. The lowest BCUT2D eigenvalue weighted by atomic mass is 10.1. The van der Waals surface area contributed by atoms with E-state index in [0.717, 1.165) is 0 Å². The number of carbonyl (C=O) groups is 4. The van der Waals surface area contributed by atoms with E-state index in [1.54, 1.807) is 57.5 Å². The number of nitrogens with one attached hydrogen (secondary N) is 2. The second-order valence-electron chi connectivity index (χ2n) is 13.8. The van der Waals surface area contributed by atoms with Gasteiger partial charge in [-0.2, -0.15) is 10.2 Å². The quantitative estimate of drug-likeness (QED) is 0.0683. The van der Waals surface area contributed by atoms with E-state index in [-0.39, 0.29) is 55.1 Å². The lowest BCUT2D eigenvalue weighted by Gasteiger charge is -2.13. The number of aliphatic hydroxyl groups excluding tert-OH is 1. The summed E-state index contributed by atoms with van der Waals surface area (Å²) in [6.45, 7) is 10.4. The Morgan fingerprint density at radius 2 is 1.34 bits per heavy atom. The van der Waals surface area contributed by atoms with Gasteiger partial charge in [0.2, 0.25) is 17.8 Å². The number of imidazole rings is 2. The summed E-state index contributed by atoms with van der Waals surface area (Å²) >= 11 is 0. The SMILES string of the molecule is CCn1nc(C)cc1C(=O)Nc1nc2cc(C(N)=O)cc(OCCCO)c2n1C/C=C/Cn1c(NC(=O)c2cc(C)nn2CC)nc2cc(C(N)=O)c3oc(C)cc3c21. The average molecular weight is 805 g/mol. The van der Waals surface area contributed by atoms with Crippen molar-refractivity contribution in [2.24, 2.45) is 11.5 Å². The number of hydrogen-bond acceptors (Lipinski definition) is 11. The lowest BCUT2D eigenvalue weighted by molar-refractivity contribution is 0.0992. The fourth-order valence-corrected chi connectivity index (χ4v) is 7.04. The number of benzene rings is 2. The molecule has 5 aromatic heterocycles. The molecule has 7 N–H and O–H groups in total. The Balaban J connectivity index is 1.31. The number of furan rings is 1. The van der Waals surface area contributed by atoms with Crippen LogP contribution in [0.1, 0.15) is 79.1 Å². The van der Waals surface area contributed by atoms with Crippen LogP contribution in [0.2, 0.25) is 0 Å². The summed E-state index contributed by atoms with van der Waals surface area (Å²) in [6.07, 6.45) is 4.00. The number of rotatable bonds is 16. The minimum absolute atomic E-state index is 0.117. The summed E-state index contributed by atoms with van der Waals surface area (Å²) < 4.78 is 18.7. The number of aromatic nitrogens is 8. The Labute approximate surface area is 336 Å². The lowest BCUT2D eigenvalue weighted by Crippen LogP contribution is -2.20. The van der Waals surface area contributed by atoms with E-state index in [9.17, 15) is 24.3 Å². The van der Waals surface area contributed by atoms with Gasteiger partial charge in [0, 0.05) is 50.2 Å². The Hall–Kier alpha value is -7.28. The third-order valence-corrected chi connectivity index (χ3v) is 9.61. The number of amides is 4. The van der Waals surface area contributed by atoms with Gasteiger partial charge in [-0.3, -0.25) is 39.2 Å². The van der Waals surface area contributed by atoms with Crippen molar-refractivity contribution in [3.8, 4) is 5.75 Å². The van der Waals surface area contributed by atoms with E-state index in [4.69, 9.17) is 30.6 Å². The number of nitrogens with two attached hydrogens (primary N) is 2. The van der Waals surface area contributed by atoms with Crippen LogP contribution in [0.3, 0.4) is 0 Å². The second kappa shape index (κ2) is 16.3. The highest BCUT2D eigenvalue weighted by molar-refractivity contribution is 6.14. The van der Waals surface area contributed by atoms with Gasteiger partial charge >= 0.3 is 0 Å². The van der Waals surface area contributed by atoms with Crippen LogP contribution in [0.5, 0.6) is 5.75 Å². The highest BCUT2D eigenvalue weighted by Crippen LogP contribution is 2.34. The van der Waals surface area contributed by atoms with Crippen LogP contribution in [-0.2, 0) is 26.2 Å². The Bertz CT molecular complexity index is 2820. The van der Waals surface area contributed by atoms with Crippen molar-refractivity contribution in [2.75, 3.05) is 23.8 Å². The fourth-order valence-electron chi connectivity index (χ4n) is 7.04. The molecule has 0 aliphatic rings. The smallest absolute Gasteiger partial charge is 0.276 e. The molecule has 0 unspecified atom stereocenters. The summed E-state index contributed by atoms with van der Waals surface area (Å²) in [7, 11) is 0. The van der Waals surface area contributed by atoms with Crippen molar-refractivity contribution in [1.29, 1.82) is 0 Å². The van der Waals surface area contributed by atoms with Gasteiger partial charge in [-0.15, -0.1) is 0 Å². The molecule has 59 heavy (non-hydrogen) atoms. The molecule has 2 aromatic carbocycles. The van der Waals surface area contributed by atoms with Crippen molar-refractivity contribution in [3.63, 3.8) is 0 Å². The Morgan fingerprint density at radius 3 is 1.86 bits per heavy atom. The largest absolute Gasteiger partial charge is 0.491 e. The molecule has 0 aliphatic carbocycles. The third-order valence-electron chi connectivity index (χ3n) is 9.61. The predicted molar refractivity (Wildman–Crippen MR) is 219 cm³/mol. The first-order valence-electron chi connectivity index (χ1n) is 19.0.